The van der Waals surface area contributed by atoms with Crippen LogP contribution in [0.3, 0.4) is 0 Å². The maximum absolute atomic E-state index is 12.6. The third kappa shape index (κ3) is 6.81. The molecule has 0 atom stereocenters. The highest BCUT2D eigenvalue weighted by atomic mass is 16.1. The van der Waals surface area contributed by atoms with E-state index in [1.165, 1.54) is 32.4 Å². The Bertz CT molecular complexity index is 1720. The standard InChI is InChI=1S/C37H39N5O/c1-27-24-35-36(26-33(27)39-34(28(2)43)25-29-10-5-3-6-11-29)42(23-9-22-41-20-7-4-8-21-41)37(40-35)32-14-12-30(13-15-32)31-16-18-38-19-17-31/h3,5-6,10-19,24,26H,4,7-9,20-23,25H2,1-2H3. The molecular formula is C37H39N5O. The van der Waals surface area contributed by atoms with E-state index in [1.54, 1.807) is 6.92 Å². The molecule has 1 saturated heterocycles. The molecule has 1 fully saturated rings. The van der Waals surface area contributed by atoms with Gasteiger partial charge in [-0.1, -0.05) is 61.0 Å². The number of fused-ring (bicyclic) bond motifs is 1. The zero-order chi connectivity index (χ0) is 29.6. The molecule has 0 radical (unpaired) electrons. The van der Waals surface area contributed by atoms with Crippen LogP contribution in [0.15, 0.2) is 96.2 Å². The predicted molar refractivity (Wildman–Crippen MR) is 176 cm³/mol. The van der Waals surface area contributed by atoms with Crippen molar-refractivity contribution in [2.75, 3.05) is 19.6 Å². The van der Waals surface area contributed by atoms with E-state index in [1.807, 2.05) is 54.9 Å². The Balaban J connectivity index is 1.37. The van der Waals surface area contributed by atoms with Crippen molar-refractivity contribution >= 4 is 28.2 Å². The van der Waals surface area contributed by atoms with Crippen molar-refractivity contribution in [1.29, 1.82) is 0 Å². The molecule has 5 aromatic rings. The average Bonchev–Trinajstić information content (AvgIpc) is 3.39. The van der Waals surface area contributed by atoms with Crippen LogP contribution in [-0.2, 0) is 17.8 Å². The highest BCUT2D eigenvalue weighted by molar-refractivity contribution is 6.40. The number of hydrogen-bond acceptors (Lipinski definition) is 5. The minimum atomic E-state index is -0.00614. The lowest BCUT2D eigenvalue weighted by Gasteiger charge is -2.26. The molecule has 3 heterocycles. The molecular weight excluding hydrogens is 530 g/mol. The quantitative estimate of drug-likeness (QED) is 0.161. The third-order valence-electron chi connectivity index (χ3n) is 8.40. The largest absolute Gasteiger partial charge is 0.324 e. The molecule has 6 nitrogen and oxygen atoms in total. The topological polar surface area (TPSA) is 63.4 Å². The first-order valence-electron chi connectivity index (χ1n) is 15.4. The van der Waals surface area contributed by atoms with E-state index in [2.05, 4.69) is 57.8 Å². The molecule has 218 valence electrons. The Morgan fingerprint density at radius 2 is 1.53 bits per heavy atom. The fourth-order valence-electron chi connectivity index (χ4n) is 6.00. The van der Waals surface area contributed by atoms with Gasteiger partial charge in [0.1, 0.15) is 5.82 Å². The number of carbonyl (C=O) groups is 1. The van der Waals surface area contributed by atoms with E-state index in [9.17, 15) is 4.79 Å². The molecule has 0 aliphatic carbocycles. The Morgan fingerprint density at radius 3 is 2.26 bits per heavy atom. The first-order valence-corrected chi connectivity index (χ1v) is 15.4. The lowest BCUT2D eigenvalue weighted by molar-refractivity contribution is -0.111. The van der Waals surface area contributed by atoms with Gasteiger partial charge in [-0.2, -0.15) is 0 Å². The maximum atomic E-state index is 12.6. The maximum Gasteiger partial charge on any atom is 0.174 e. The Kier molecular flexibility index (Phi) is 8.85. The number of likely N-dealkylation sites (tertiary alicyclic amines) is 1. The Morgan fingerprint density at radius 1 is 0.837 bits per heavy atom. The van der Waals surface area contributed by atoms with Crippen molar-refractivity contribution in [3.63, 3.8) is 0 Å². The molecule has 6 heteroatoms. The van der Waals surface area contributed by atoms with Gasteiger partial charge in [-0.05, 0) is 92.3 Å². The summed E-state index contributed by atoms with van der Waals surface area (Å²) in [6, 6.07) is 27.0. The second-order valence-electron chi connectivity index (χ2n) is 11.6. The molecule has 6 rings (SSSR count). The molecule has 0 amide bonds. The molecule has 0 N–H and O–H groups in total. The summed E-state index contributed by atoms with van der Waals surface area (Å²) in [6.45, 7) is 8.00. The molecule has 0 spiro atoms. The van der Waals surface area contributed by atoms with E-state index in [4.69, 9.17) is 9.98 Å². The summed E-state index contributed by atoms with van der Waals surface area (Å²) in [5, 5.41) is 0. The van der Waals surface area contributed by atoms with Gasteiger partial charge in [-0.15, -0.1) is 0 Å². The van der Waals surface area contributed by atoms with Crippen LogP contribution in [0.4, 0.5) is 5.69 Å². The number of pyridine rings is 1. The average molecular weight is 570 g/mol. The predicted octanol–water partition coefficient (Wildman–Crippen LogP) is 7.85. The zero-order valence-corrected chi connectivity index (χ0v) is 25.2. The zero-order valence-electron chi connectivity index (χ0n) is 25.2. The number of benzene rings is 3. The van der Waals surface area contributed by atoms with Gasteiger partial charge in [-0.25, -0.2) is 9.98 Å². The number of aliphatic imine (C=N–C) groups is 1. The van der Waals surface area contributed by atoms with E-state index >= 15 is 0 Å². The van der Waals surface area contributed by atoms with Gasteiger partial charge in [-0.3, -0.25) is 9.78 Å². The van der Waals surface area contributed by atoms with Crippen LogP contribution in [-0.4, -0.2) is 50.6 Å². The summed E-state index contributed by atoms with van der Waals surface area (Å²) in [6.07, 6.45) is 9.15. The number of piperidine rings is 1. The van der Waals surface area contributed by atoms with Crippen molar-refractivity contribution in [2.45, 2.75) is 52.5 Å². The minimum absolute atomic E-state index is 0.00614. The van der Waals surface area contributed by atoms with Crippen molar-refractivity contribution < 1.29 is 4.79 Å². The van der Waals surface area contributed by atoms with Crippen LogP contribution in [0.1, 0.15) is 43.7 Å². The first-order chi connectivity index (χ1) is 21.0. The lowest BCUT2D eigenvalue weighted by Crippen LogP contribution is -2.31. The van der Waals surface area contributed by atoms with Crippen LogP contribution in [0, 0.1) is 6.92 Å². The Hall–Kier alpha value is -4.42. The van der Waals surface area contributed by atoms with E-state index in [-0.39, 0.29) is 5.78 Å². The van der Waals surface area contributed by atoms with Crippen LogP contribution in [0.25, 0.3) is 33.5 Å². The molecule has 0 bridgehead atoms. The number of Topliss-reactive ketones (excluding diaryl/α,β-unsaturated/α-hetero) is 1. The SMILES string of the molecule is CC(=O)C(Cc1ccccc1)=Nc1cc2c(cc1C)nc(-c1ccc(-c3ccncc3)cc1)n2CCCN1CCCCC1. The summed E-state index contributed by atoms with van der Waals surface area (Å²) in [5.74, 6) is 0.958. The number of imidazole rings is 1. The lowest BCUT2D eigenvalue weighted by atomic mass is 10.0. The molecule has 0 saturated carbocycles. The third-order valence-corrected chi connectivity index (χ3v) is 8.40. The molecule has 43 heavy (non-hydrogen) atoms. The van der Waals surface area contributed by atoms with E-state index in [0.29, 0.717) is 12.1 Å². The van der Waals surface area contributed by atoms with Gasteiger partial charge in [0.15, 0.2) is 5.78 Å². The van der Waals surface area contributed by atoms with Crippen molar-refractivity contribution in [2.24, 2.45) is 4.99 Å². The fraction of sp³-hybridized carbons (Fsp3) is 0.297. The summed E-state index contributed by atoms with van der Waals surface area (Å²) in [7, 11) is 0. The van der Waals surface area contributed by atoms with Gasteiger partial charge < -0.3 is 9.47 Å². The molecule has 1 aliphatic rings. The molecule has 0 unspecified atom stereocenters. The van der Waals surface area contributed by atoms with Gasteiger partial charge >= 0.3 is 0 Å². The number of ketones is 1. The monoisotopic (exact) mass is 569 g/mol. The van der Waals surface area contributed by atoms with Crippen molar-refractivity contribution in [3.8, 4) is 22.5 Å². The summed E-state index contributed by atoms with van der Waals surface area (Å²) in [4.78, 5) is 29.5. The van der Waals surface area contributed by atoms with Crippen LogP contribution in [0.5, 0.6) is 0 Å². The number of aryl methyl sites for hydroxylation is 2. The second-order valence-corrected chi connectivity index (χ2v) is 11.6. The smallest absolute Gasteiger partial charge is 0.174 e. The molecule has 3 aromatic carbocycles. The van der Waals surface area contributed by atoms with Gasteiger partial charge in [0.25, 0.3) is 0 Å². The van der Waals surface area contributed by atoms with Crippen molar-refractivity contribution in [3.05, 3.63) is 102 Å². The number of rotatable bonds is 10. The first kappa shape index (κ1) is 28.7. The fourth-order valence-corrected chi connectivity index (χ4v) is 6.00. The van der Waals surface area contributed by atoms with Gasteiger partial charge in [0, 0.05) is 37.8 Å². The molecule has 2 aromatic heterocycles. The van der Waals surface area contributed by atoms with E-state index in [0.717, 1.165) is 69.9 Å². The van der Waals surface area contributed by atoms with Gasteiger partial charge in [0.2, 0.25) is 0 Å². The number of hydrogen-bond donors (Lipinski definition) is 0. The summed E-state index contributed by atoms with van der Waals surface area (Å²) >= 11 is 0. The highest BCUT2D eigenvalue weighted by Crippen LogP contribution is 2.32. The van der Waals surface area contributed by atoms with Crippen LogP contribution in [0.2, 0.25) is 0 Å². The second kappa shape index (κ2) is 13.3. The summed E-state index contributed by atoms with van der Waals surface area (Å²) in [5.41, 5.74) is 8.87. The number of aromatic nitrogens is 3. The molecule has 1 aliphatic heterocycles. The normalized spacial score (nSPS) is 14.3. The van der Waals surface area contributed by atoms with Gasteiger partial charge in [0.05, 0.1) is 22.4 Å². The van der Waals surface area contributed by atoms with Crippen molar-refractivity contribution in [1.82, 2.24) is 19.4 Å². The number of carbonyl (C=O) groups excluding carboxylic acids is 1. The summed E-state index contributed by atoms with van der Waals surface area (Å²) < 4.78 is 2.35. The number of nitrogens with zero attached hydrogens (tertiary/aromatic N) is 5. The highest BCUT2D eigenvalue weighted by Gasteiger charge is 2.17. The van der Waals surface area contributed by atoms with Crippen LogP contribution < -0.4 is 0 Å². The minimum Gasteiger partial charge on any atom is -0.324 e. The Labute approximate surface area is 254 Å². The van der Waals surface area contributed by atoms with E-state index < -0.39 is 0 Å². The van der Waals surface area contributed by atoms with Crippen LogP contribution >= 0.6 is 0 Å².